The van der Waals surface area contributed by atoms with Gasteiger partial charge in [0.2, 0.25) is 5.28 Å². The van der Waals surface area contributed by atoms with Gasteiger partial charge >= 0.3 is 7.12 Å². The third-order valence-corrected chi connectivity index (χ3v) is 25.4. The molecule has 1 aliphatic heterocycles. The number of nitrogens with zero attached hydrogens (tertiary/aromatic N) is 8. The van der Waals surface area contributed by atoms with Gasteiger partial charge in [0.25, 0.3) is 0 Å². The zero-order chi connectivity index (χ0) is 80.9. The van der Waals surface area contributed by atoms with Crippen LogP contribution in [0.5, 0.6) is 0 Å². The van der Waals surface area contributed by atoms with E-state index in [1.807, 2.05) is 133 Å². The maximum atomic E-state index is 9.26. The summed E-state index contributed by atoms with van der Waals surface area (Å²) in [6, 6.07) is 121. The van der Waals surface area contributed by atoms with E-state index in [0.29, 0.717) is 40.4 Å². The van der Waals surface area contributed by atoms with Crippen LogP contribution in [-0.4, -0.2) is 48.2 Å². The first kappa shape index (κ1) is 76.6. The van der Waals surface area contributed by atoms with Crippen LogP contribution in [0, 0.1) is 17.9 Å². The monoisotopic (exact) mass is 1560 g/mol. The van der Waals surface area contributed by atoms with Crippen LogP contribution >= 0.6 is 11.6 Å². The minimum absolute atomic E-state index is 0. The van der Waals surface area contributed by atoms with Crippen LogP contribution in [0.1, 0.15) is 128 Å². The van der Waals surface area contributed by atoms with Gasteiger partial charge in [-0.25, -0.2) is 24.8 Å². The number of hydrogen-bond acceptors (Lipinski definition) is 9. The van der Waals surface area contributed by atoms with Crippen molar-refractivity contribution in [3.63, 3.8) is 0 Å². The van der Waals surface area contributed by atoms with Gasteiger partial charge in [-0.3, -0.25) is 4.70 Å². The lowest BCUT2D eigenvalue weighted by atomic mass is 9.55. The molecule has 5 aliphatic rings. The van der Waals surface area contributed by atoms with E-state index in [9.17, 15) is 5.26 Å². The van der Waals surface area contributed by atoms with Gasteiger partial charge in [0.1, 0.15) is 0 Å². The van der Waals surface area contributed by atoms with Crippen LogP contribution in [0.4, 0.5) is 10.4 Å². The Bertz CT molecular complexity index is 6620. The number of aromatic nitrogens is 6. The summed E-state index contributed by atoms with van der Waals surface area (Å²) in [6.07, 6.45) is 0. The second-order valence-corrected chi connectivity index (χ2v) is 33.2. The average molecular weight is 1560 g/mol. The zero-order valence-electron chi connectivity index (χ0n) is 67.1. The van der Waals surface area contributed by atoms with Gasteiger partial charge in [0.15, 0.2) is 34.8 Å². The minimum atomic E-state index is -0.510. The average Bonchev–Trinajstić information content (AvgIpc) is 1.59. The Kier molecular flexibility index (Phi) is 19.2. The number of halogens is 2. The molecule has 0 N–H and O–H groups in total. The Morgan fingerprint density at radius 1 is 0.303 bits per heavy atom. The molecule has 574 valence electrons. The predicted molar refractivity (Wildman–Crippen MR) is 477 cm³/mol. The molecule has 0 bridgehead atoms. The van der Waals surface area contributed by atoms with Crippen molar-refractivity contribution in [3.05, 3.63) is 429 Å². The lowest BCUT2D eigenvalue weighted by Crippen LogP contribution is -2.41. The van der Waals surface area contributed by atoms with Crippen molar-refractivity contribution in [1.82, 2.24) is 29.9 Å². The molecule has 0 amide bonds. The first-order valence-electron chi connectivity index (χ1n) is 40.0. The van der Waals surface area contributed by atoms with Crippen molar-refractivity contribution < 1.29 is 14.0 Å². The second kappa shape index (κ2) is 29.8. The van der Waals surface area contributed by atoms with Crippen LogP contribution in [-0.2, 0) is 31.0 Å². The van der Waals surface area contributed by atoms with Gasteiger partial charge in [0, 0.05) is 38.6 Å². The van der Waals surface area contributed by atoms with Crippen molar-refractivity contribution in [2.24, 2.45) is 0 Å². The van der Waals surface area contributed by atoms with E-state index in [2.05, 4.69) is 288 Å². The normalized spacial score (nSPS) is 15.2. The van der Waals surface area contributed by atoms with Gasteiger partial charge in [-0.1, -0.05) is 355 Å². The van der Waals surface area contributed by atoms with E-state index in [1.165, 1.54) is 83.5 Å². The summed E-state index contributed by atoms with van der Waals surface area (Å²) in [5, 5.41) is 9.43. The van der Waals surface area contributed by atoms with Gasteiger partial charge < -0.3 is 9.31 Å². The van der Waals surface area contributed by atoms with Gasteiger partial charge in [-0.05, 0) is 168 Å². The molecule has 14 aromatic carbocycles. The van der Waals surface area contributed by atoms with Gasteiger partial charge in [-0.15, -0.1) is 0 Å². The summed E-state index contributed by atoms with van der Waals surface area (Å²) in [5.41, 5.74) is 30.1. The Balaban J connectivity index is 0.000000130. The SMILES string of the molecule is CC1(C)c2ccccc2C2(c3ccccc3-c3c(-c4nc(-c5ccccc5)nc(-c5ccc(-c6ccc(C#N)cc6)cc5)n4)cccc32)c2ccccc21.CC1(C)c2ccccc2C2(c3ccccc3-c3c(B4OC(C)(C)C(C)(C)O4)cccc32)c2ccccc21.F.[C-]#[N+]c1ccc(-c2ccc(-c3nc(Cl)nc(-c4ccccc4)n3)cc2)cc1. The molecule has 13 heteroatoms. The quantitative estimate of drug-likeness (QED) is 0.108. The molecular formula is C106H81BClFN8O2. The molecule has 0 unspecified atom stereocenters. The summed E-state index contributed by atoms with van der Waals surface area (Å²) in [4.78, 5) is 32.0. The molecular weight excluding hydrogens is 1480 g/mol. The Morgan fingerprint density at radius 2 is 0.597 bits per heavy atom. The van der Waals surface area contributed by atoms with Gasteiger partial charge in [0.05, 0.1) is 40.2 Å². The lowest BCUT2D eigenvalue weighted by Gasteiger charge is -2.46. The molecule has 2 aromatic heterocycles. The highest BCUT2D eigenvalue weighted by Crippen LogP contribution is 2.65. The third kappa shape index (κ3) is 12.5. The number of benzene rings is 14. The van der Waals surface area contributed by atoms with Crippen molar-refractivity contribution in [3.8, 4) is 108 Å². The minimum Gasteiger partial charge on any atom is -0.399 e. The van der Waals surface area contributed by atoms with Crippen molar-refractivity contribution in [2.75, 3.05) is 0 Å². The highest BCUT2D eigenvalue weighted by atomic mass is 35.5. The Hall–Kier alpha value is -13.7. The number of fused-ring (bicyclic) bond motifs is 18. The molecule has 1 saturated heterocycles. The first-order chi connectivity index (χ1) is 57.3. The van der Waals surface area contributed by atoms with E-state index in [4.69, 9.17) is 42.4 Å². The van der Waals surface area contributed by atoms with E-state index in [1.54, 1.807) is 0 Å². The molecule has 2 spiro atoms. The van der Waals surface area contributed by atoms with Gasteiger partial charge in [-0.2, -0.15) is 15.2 Å². The smallest absolute Gasteiger partial charge is 0.399 e. The van der Waals surface area contributed by atoms with E-state index in [0.717, 1.165) is 61.1 Å². The molecule has 0 saturated carbocycles. The fraction of sp³-hybridized carbons (Fsp3) is 0.132. The van der Waals surface area contributed by atoms with E-state index >= 15 is 0 Å². The fourth-order valence-corrected chi connectivity index (χ4v) is 19.0. The van der Waals surface area contributed by atoms with Crippen molar-refractivity contribution >= 4 is 29.9 Å². The maximum Gasteiger partial charge on any atom is 0.495 e. The summed E-state index contributed by atoms with van der Waals surface area (Å²) >= 11 is 6.12. The number of nitriles is 1. The van der Waals surface area contributed by atoms with Crippen LogP contribution in [0.15, 0.2) is 340 Å². The largest absolute Gasteiger partial charge is 0.495 e. The molecule has 3 heterocycles. The molecule has 21 rings (SSSR count). The second-order valence-electron chi connectivity index (χ2n) is 32.9. The number of hydrogen-bond donors (Lipinski definition) is 0. The molecule has 10 nitrogen and oxygen atoms in total. The Labute approximate surface area is 699 Å². The predicted octanol–water partition coefficient (Wildman–Crippen LogP) is 24.6. The highest BCUT2D eigenvalue weighted by Gasteiger charge is 2.58. The van der Waals surface area contributed by atoms with Crippen LogP contribution in [0.25, 0.3) is 106 Å². The molecule has 0 radical (unpaired) electrons. The molecule has 16 aromatic rings. The topological polar surface area (TPSA) is 124 Å². The maximum absolute atomic E-state index is 9.26. The van der Waals surface area contributed by atoms with Crippen LogP contribution in [0.2, 0.25) is 5.28 Å². The zero-order valence-corrected chi connectivity index (χ0v) is 67.8. The van der Waals surface area contributed by atoms with E-state index in [-0.39, 0.29) is 20.8 Å². The lowest BCUT2D eigenvalue weighted by molar-refractivity contribution is 0.00578. The molecule has 0 atom stereocenters. The van der Waals surface area contributed by atoms with Crippen molar-refractivity contribution in [2.45, 2.75) is 88.3 Å². The number of rotatable bonds is 8. The summed E-state index contributed by atoms with van der Waals surface area (Å²) in [6.45, 7) is 25.0. The fourth-order valence-electron chi connectivity index (χ4n) is 18.8. The third-order valence-electron chi connectivity index (χ3n) is 25.2. The Morgan fingerprint density at radius 3 is 1.00 bits per heavy atom. The van der Waals surface area contributed by atoms with Crippen molar-refractivity contribution in [1.29, 1.82) is 5.26 Å². The highest BCUT2D eigenvalue weighted by molar-refractivity contribution is 6.64. The van der Waals surface area contributed by atoms with Crippen LogP contribution < -0.4 is 5.46 Å². The molecule has 1 fully saturated rings. The van der Waals surface area contributed by atoms with E-state index < -0.39 is 29.2 Å². The van der Waals surface area contributed by atoms with Crippen LogP contribution in [0.3, 0.4) is 0 Å². The first-order valence-corrected chi connectivity index (χ1v) is 40.4. The molecule has 119 heavy (non-hydrogen) atoms. The standard InChI is InChI=1S/C50H34N4.C34H33BO2.C22H13ClN4.FH/c1-49(2)40-18-8-10-20-42(40)50(43-21-11-9-19-41(43)49)39-17-7-6-15-37(39)45-38(16-12-22-44(45)50)48-53-46(35-13-4-3-5-14-35)52-47(54-48)36-29-27-34(28-30-36)33-25-23-32(31-51)24-26-33;1-31(2)24-16-9-11-18-26(24)34(27-19-12-10-17-25(27)31)23-15-8-7-14-22(23)30-28(34)20-13-21-29(30)35-36-32(3,4)33(5,6)37-35;1-24-19-13-11-16(12-14-19)15-7-9-18(10-8-15)21-25-20(26-22(23)27-21)17-5-3-2-4-6-17;/h3-30H,1-2H3;7-21H,1-6H3;2-14H;1H. The summed E-state index contributed by atoms with van der Waals surface area (Å²) in [5.74, 6) is 2.95. The summed E-state index contributed by atoms with van der Waals surface area (Å²) in [7, 11) is -0.423. The molecule has 4 aliphatic carbocycles. The summed E-state index contributed by atoms with van der Waals surface area (Å²) < 4.78 is 13.2.